The van der Waals surface area contributed by atoms with Crippen LogP contribution >= 0.6 is 0 Å². The first-order valence-electron chi connectivity index (χ1n) is 10.1. The summed E-state index contributed by atoms with van der Waals surface area (Å²) in [5.41, 5.74) is 0.709. The number of ether oxygens (including phenoxy) is 3. The number of carbonyl (C=O) groups excluding carboxylic acids is 2. The van der Waals surface area contributed by atoms with Gasteiger partial charge in [0.2, 0.25) is 18.1 Å². The third-order valence-corrected chi connectivity index (χ3v) is 5.26. The monoisotopic (exact) mass is 437 g/mol. The van der Waals surface area contributed by atoms with Crippen molar-refractivity contribution in [3.05, 3.63) is 58.4 Å². The van der Waals surface area contributed by atoms with Gasteiger partial charge in [-0.1, -0.05) is 0 Å². The lowest BCUT2D eigenvalue weighted by molar-refractivity contribution is -0.117. The molecule has 0 fully saturated rings. The van der Waals surface area contributed by atoms with Gasteiger partial charge in [-0.05, 0) is 44.2 Å². The Morgan fingerprint density at radius 3 is 2.50 bits per heavy atom. The van der Waals surface area contributed by atoms with Gasteiger partial charge in [-0.25, -0.2) is 0 Å². The predicted octanol–water partition coefficient (Wildman–Crippen LogP) is 2.52. The van der Waals surface area contributed by atoms with Crippen molar-refractivity contribution in [1.82, 2.24) is 9.88 Å². The molecule has 0 radical (unpaired) electrons. The zero-order valence-corrected chi connectivity index (χ0v) is 17.9. The molecule has 1 aliphatic rings. The second kappa shape index (κ2) is 8.62. The smallest absolute Gasteiger partial charge is 0.257 e. The van der Waals surface area contributed by atoms with Crippen molar-refractivity contribution in [3.8, 4) is 17.2 Å². The highest BCUT2D eigenvalue weighted by Crippen LogP contribution is 2.35. The third-order valence-electron chi connectivity index (χ3n) is 5.26. The highest BCUT2D eigenvalue weighted by Gasteiger charge is 2.23. The number of amides is 2. The predicted molar refractivity (Wildman–Crippen MR) is 119 cm³/mol. The van der Waals surface area contributed by atoms with Crippen molar-refractivity contribution in [3.63, 3.8) is 0 Å². The van der Waals surface area contributed by atoms with Crippen LogP contribution in [0.15, 0.2) is 47.4 Å². The molecule has 2 heterocycles. The van der Waals surface area contributed by atoms with Gasteiger partial charge in [-0.3, -0.25) is 14.4 Å². The minimum Gasteiger partial charge on any atom is -0.497 e. The van der Waals surface area contributed by atoms with E-state index in [4.69, 9.17) is 14.2 Å². The van der Waals surface area contributed by atoms with Crippen LogP contribution in [0.25, 0.3) is 10.9 Å². The van der Waals surface area contributed by atoms with Crippen LogP contribution < -0.4 is 30.3 Å². The average Bonchev–Trinajstić information content (AvgIpc) is 3.26. The molecule has 0 saturated carbocycles. The van der Waals surface area contributed by atoms with E-state index in [0.29, 0.717) is 40.4 Å². The number of nitrogens with zero attached hydrogens (tertiary/aromatic N) is 1. The van der Waals surface area contributed by atoms with Gasteiger partial charge in [-0.15, -0.1) is 0 Å². The molecule has 1 aliphatic heterocycles. The Balaban J connectivity index is 1.56. The lowest BCUT2D eigenvalue weighted by atomic mass is 10.1. The van der Waals surface area contributed by atoms with E-state index in [2.05, 4.69) is 10.6 Å². The molecule has 3 aromatic rings. The maximum absolute atomic E-state index is 13.1. The second-order valence-electron chi connectivity index (χ2n) is 7.29. The van der Waals surface area contributed by atoms with Gasteiger partial charge in [-0.2, -0.15) is 0 Å². The fourth-order valence-corrected chi connectivity index (χ4v) is 3.47. The summed E-state index contributed by atoms with van der Waals surface area (Å²) in [6.45, 7) is 4.07. The fraction of sp³-hybridized carbons (Fsp3) is 0.261. The van der Waals surface area contributed by atoms with Crippen molar-refractivity contribution in [2.45, 2.75) is 26.4 Å². The first kappa shape index (κ1) is 21.2. The lowest BCUT2D eigenvalue weighted by Crippen LogP contribution is -2.43. The number of methoxy groups -OCH3 is 1. The highest BCUT2D eigenvalue weighted by molar-refractivity contribution is 6.02. The van der Waals surface area contributed by atoms with Crippen molar-refractivity contribution in [2.75, 3.05) is 19.2 Å². The molecule has 9 nitrogen and oxygen atoms in total. The molecule has 32 heavy (non-hydrogen) atoms. The largest absolute Gasteiger partial charge is 0.497 e. The Morgan fingerprint density at radius 2 is 1.84 bits per heavy atom. The van der Waals surface area contributed by atoms with Crippen LogP contribution in [0.4, 0.5) is 5.69 Å². The number of hydrogen-bond donors (Lipinski definition) is 2. The summed E-state index contributed by atoms with van der Waals surface area (Å²) in [7, 11) is 1.55. The van der Waals surface area contributed by atoms with Crippen molar-refractivity contribution < 1.29 is 23.8 Å². The second-order valence-corrected chi connectivity index (χ2v) is 7.29. The summed E-state index contributed by atoms with van der Waals surface area (Å²) >= 11 is 0. The van der Waals surface area contributed by atoms with Crippen LogP contribution in [0.5, 0.6) is 17.2 Å². The van der Waals surface area contributed by atoms with Crippen LogP contribution in [-0.4, -0.2) is 36.3 Å². The molecule has 2 aromatic carbocycles. The SMILES string of the molecule is CCn1cc(C(=O)N[C@@H](C)C(=O)Nc2ccc(OC)cc2)c(=O)c2cc3c(cc21)OCO3. The summed E-state index contributed by atoms with van der Waals surface area (Å²) in [4.78, 5) is 38.5. The van der Waals surface area contributed by atoms with Gasteiger partial charge in [0.15, 0.2) is 11.5 Å². The molecule has 4 rings (SSSR count). The summed E-state index contributed by atoms with van der Waals surface area (Å²) in [5.74, 6) is 0.635. The van der Waals surface area contributed by atoms with E-state index in [0.717, 1.165) is 0 Å². The Kier molecular flexibility index (Phi) is 5.72. The molecule has 2 amide bonds. The molecule has 0 spiro atoms. The quantitative estimate of drug-likeness (QED) is 0.614. The maximum atomic E-state index is 13.1. The Hall–Kier alpha value is -4.01. The van der Waals surface area contributed by atoms with Crippen molar-refractivity contribution in [2.24, 2.45) is 0 Å². The van der Waals surface area contributed by atoms with E-state index >= 15 is 0 Å². The summed E-state index contributed by atoms with van der Waals surface area (Å²) in [6, 6.07) is 9.26. The minimum absolute atomic E-state index is 0.0534. The number of benzene rings is 2. The van der Waals surface area contributed by atoms with Crippen molar-refractivity contribution in [1.29, 1.82) is 0 Å². The van der Waals surface area contributed by atoms with Crippen LogP contribution in [0.2, 0.25) is 0 Å². The van der Waals surface area contributed by atoms with Crippen LogP contribution in [0.1, 0.15) is 24.2 Å². The molecule has 0 aliphatic carbocycles. The van der Waals surface area contributed by atoms with E-state index in [1.165, 1.54) is 6.20 Å². The van der Waals surface area contributed by atoms with Gasteiger partial charge >= 0.3 is 0 Å². The number of aromatic nitrogens is 1. The number of nitrogens with one attached hydrogen (secondary N) is 2. The van der Waals surface area contributed by atoms with Gasteiger partial charge in [0.25, 0.3) is 5.91 Å². The van der Waals surface area contributed by atoms with E-state index in [9.17, 15) is 14.4 Å². The molecule has 1 aromatic heterocycles. The number of rotatable bonds is 6. The summed E-state index contributed by atoms with van der Waals surface area (Å²) in [6.07, 6.45) is 1.50. The van der Waals surface area contributed by atoms with Crippen LogP contribution in [0.3, 0.4) is 0 Å². The highest BCUT2D eigenvalue weighted by atomic mass is 16.7. The first-order valence-corrected chi connectivity index (χ1v) is 10.1. The van der Waals surface area contributed by atoms with E-state index in [1.807, 2.05) is 6.92 Å². The Morgan fingerprint density at radius 1 is 1.16 bits per heavy atom. The zero-order chi connectivity index (χ0) is 22.8. The number of hydrogen-bond acceptors (Lipinski definition) is 6. The molecular formula is C23H23N3O6. The number of fused-ring (bicyclic) bond motifs is 2. The van der Waals surface area contributed by atoms with Gasteiger partial charge in [0.1, 0.15) is 17.4 Å². The Bertz CT molecular complexity index is 1250. The number of anilines is 1. The topological polar surface area (TPSA) is 108 Å². The Labute approximate surface area is 183 Å². The van der Waals surface area contributed by atoms with Crippen LogP contribution in [0, 0.1) is 0 Å². The van der Waals surface area contributed by atoms with Gasteiger partial charge < -0.3 is 29.4 Å². The van der Waals surface area contributed by atoms with E-state index in [-0.39, 0.29) is 12.4 Å². The molecule has 0 unspecified atom stereocenters. The fourth-order valence-electron chi connectivity index (χ4n) is 3.47. The molecular weight excluding hydrogens is 414 g/mol. The molecule has 2 N–H and O–H groups in total. The van der Waals surface area contributed by atoms with E-state index in [1.54, 1.807) is 55.0 Å². The average molecular weight is 437 g/mol. The minimum atomic E-state index is -0.869. The van der Waals surface area contributed by atoms with Gasteiger partial charge in [0.05, 0.1) is 18.0 Å². The number of carbonyl (C=O) groups is 2. The van der Waals surface area contributed by atoms with Gasteiger partial charge in [0, 0.05) is 24.5 Å². The van der Waals surface area contributed by atoms with Crippen LogP contribution in [-0.2, 0) is 11.3 Å². The molecule has 0 bridgehead atoms. The molecule has 0 saturated heterocycles. The van der Waals surface area contributed by atoms with Crippen molar-refractivity contribution >= 4 is 28.4 Å². The van der Waals surface area contributed by atoms with E-state index < -0.39 is 23.3 Å². The normalized spacial score (nSPS) is 13.0. The maximum Gasteiger partial charge on any atom is 0.257 e. The number of aryl methyl sites for hydroxylation is 1. The standard InChI is InChI=1S/C23H23N3O6/c1-4-26-11-17(21(27)16-9-19-20(10-18(16)26)32-12-31-19)23(29)24-13(2)22(28)25-14-5-7-15(30-3)8-6-14/h5-11,13H,4,12H2,1-3H3,(H,24,29)(H,25,28)/t13-/m0/s1. The number of pyridine rings is 1. The summed E-state index contributed by atoms with van der Waals surface area (Å²) < 4.78 is 17.6. The zero-order valence-electron chi connectivity index (χ0n) is 17.9. The molecule has 1 atom stereocenters. The lowest BCUT2D eigenvalue weighted by Gasteiger charge is -2.16. The third kappa shape index (κ3) is 3.96. The molecule has 9 heteroatoms. The summed E-state index contributed by atoms with van der Waals surface area (Å²) in [5, 5.41) is 5.67. The first-order chi connectivity index (χ1) is 15.4. The molecule has 166 valence electrons.